The molecule has 0 saturated heterocycles. The maximum Gasteiger partial charge on any atom is 0.337 e. The molecule has 0 spiro atoms. The van der Waals surface area contributed by atoms with Gasteiger partial charge < -0.3 is 14.9 Å². The Morgan fingerprint density at radius 3 is 2.83 bits per heavy atom. The highest BCUT2D eigenvalue weighted by Gasteiger charge is 2.23. The fraction of sp³-hybridized carbons (Fsp3) is 0.385. The van der Waals surface area contributed by atoms with Crippen LogP contribution in [0.15, 0.2) is 18.2 Å². The van der Waals surface area contributed by atoms with E-state index in [-0.39, 0.29) is 12.0 Å². The lowest BCUT2D eigenvalue weighted by atomic mass is 9.97. The summed E-state index contributed by atoms with van der Waals surface area (Å²) in [6.45, 7) is 2.15. The summed E-state index contributed by atoms with van der Waals surface area (Å²) in [5.41, 5.74) is 0.861. The number of hydrogen-bond acceptors (Lipinski definition) is 4. The summed E-state index contributed by atoms with van der Waals surface area (Å²) in [5.74, 6) is -0.983. The second kappa shape index (κ2) is 6.62. The molecule has 0 radical (unpaired) electrons. The zero-order valence-corrected chi connectivity index (χ0v) is 10.1. The van der Waals surface area contributed by atoms with Crippen LogP contribution in [0.2, 0.25) is 0 Å². The summed E-state index contributed by atoms with van der Waals surface area (Å²) in [6.07, 6.45) is -0.993. The minimum atomic E-state index is -1.64. The molecule has 0 heterocycles. The topological polar surface area (TPSA) is 90.5 Å². The number of benzene rings is 1. The number of nitrogens with zero attached hydrogens (tertiary/aromatic N) is 1. The molecule has 0 amide bonds. The summed E-state index contributed by atoms with van der Waals surface area (Å²) in [6, 6.07) is 7.02. The van der Waals surface area contributed by atoms with Crippen LogP contribution >= 0.6 is 0 Å². The van der Waals surface area contributed by atoms with Crippen LogP contribution in [0.25, 0.3) is 0 Å². The molecule has 1 unspecified atom stereocenters. The van der Waals surface area contributed by atoms with Crippen molar-refractivity contribution < 1.29 is 19.7 Å². The lowest BCUT2D eigenvalue weighted by molar-refractivity contribution is -0.147. The van der Waals surface area contributed by atoms with Gasteiger partial charge in [-0.05, 0) is 25.0 Å². The van der Waals surface area contributed by atoms with E-state index in [0.29, 0.717) is 24.3 Å². The van der Waals surface area contributed by atoms with E-state index < -0.39 is 12.1 Å². The van der Waals surface area contributed by atoms with Crippen LogP contribution in [0, 0.1) is 11.3 Å². The van der Waals surface area contributed by atoms with Gasteiger partial charge in [-0.2, -0.15) is 5.26 Å². The summed E-state index contributed by atoms with van der Waals surface area (Å²) >= 11 is 0. The molecular weight excluding hydrogens is 234 g/mol. The van der Waals surface area contributed by atoms with E-state index in [1.165, 1.54) is 0 Å². The molecule has 2 N–H and O–H groups in total. The Bertz CT molecular complexity index is 465. The molecule has 0 aliphatic rings. The highest BCUT2D eigenvalue weighted by Crippen LogP contribution is 2.30. The molecule has 0 fully saturated rings. The monoisotopic (exact) mass is 249 g/mol. The lowest BCUT2D eigenvalue weighted by Crippen LogP contribution is -2.14. The number of hydrogen-bond donors (Lipinski definition) is 2. The highest BCUT2D eigenvalue weighted by atomic mass is 16.5. The number of carboxylic acids is 1. The van der Waals surface area contributed by atoms with E-state index in [9.17, 15) is 9.90 Å². The van der Waals surface area contributed by atoms with Gasteiger partial charge in [-0.3, -0.25) is 0 Å². The van der Waals surface area contributed by atoms with E-state index in [1.54, 1.807) is 25.1 Å². The van der Waals surface area contributed by atoms with Crippen LogP contribution in [0.3, 0.4) is 0 Å². The summed E-state index contributed by atoms with van der Waals surface area (Å²) in [4.78, 5) is 10.9. The van der Waals surface area contributed by atoms with Crippen molar-refractivity contribution in [3.63, 3.8) is 0 Å². The van der Waals surface area contributed by atoms with Gasteiger partial charge in [0.2, 0.25) is 0 Å². The number of aliphatic carboxylic acids is 1. The van der Waals surface area contributed by atoms with E-state index in [1.807, 2.05) is 6.07 Å². The Morgan fingerprint density at radius 2 is 2.28 bits per heavy atom. The zero-order chi connectivity index (χ0) is 13.5. The van der Waals surface area contributed by atoms with Gasteiger partial charge in [0.1, 0.15) is 5.75 Å². The third-order valence-corrected chi connectivity index (χ3v) is 2.47. The van der Waals surface area contributed by atoms with Crippen molar-refractivity contribution in [3.8, 4) is 11.8 Å². The number of aliphatic hydroxyl groups is 1. The average Bonchev–Trinajstić information content (AvgIpc) is 2.36. The van der Waals surface area contributed by atoms with Gasteiger partial charge >= 0.3 is 5.97 Å². The van der Waals surface area contributed by atoms with E-state index in [2.05, 4.69) is 0 Å². The van der Waals surface area contributed by atoms with Crippen LogP contribution in [0.5, 0.6) is 5.75 Å². The molecule has 1 aromatic carbocycles. The van der Waals surface area contributed by atoms with E-state index >= 15 is 0 Å². The molecule has 0 aromatic heterocycles. The number of ether oxygens (including phenoxy) is 1. The first-order chi connectivity index (χ1) is 8.61. The predicted octanol–water partition coefficient (Wildman–Crippen LogP) is 1.66. The lowest BCUT2D eigenvalue weighted by Gasteiger charge is -2.16. The quantitative estimate of drug-likeness (QED) is 0.800. The van der Waals surface area contributed by atoms with Gasteiger partial charge in [0.05, 0.1) is 12.7 Å². The molecule has 0 aliphatic carbocycles. The van der Waals surface area contributed by atoms with Gasteiger partial charge in [-0.1, -0.05) is 12.1 Å². The summed E-state index contributed by atoms with van der Waals surface area (Å²) in [5, 5.41) is 27.2. The van der Waals surface area contributed by atoms with Crippen molar-refractivity contribution in [1.29, 1.82) is 5.26 Å². The molecule has 1 rings (SSSR count). The Balaban J connectivity index is 3.20. The molecule has 96 valence electrons. The van der Waals surface area contributed by atoms with E-state index in [0.717, 1.165) is 0 Å². The second-order valence-corrected chi connectivity index (χ2v) is 3.66. The van der Waals surface area contributed by atoms with Crippen molar-refractivity contribution in [2.45, 2.75) is 25.9 Å². The normalized spacial score (nSPS) is 11.6. The van der Waals surface area contributed by atoms with Crippen LogP contribution < -0.4 is 4.74 Å². The molecule has 5 nitrogen and oxygen atoms in total. The first kappa shape index (κ1) is 14.0. The molecule has 0 aliphatic heterocycles. The number of nitriles is 1. The van der Waals surface area contributed by atoms with Crippen molar-refractivity contribution in [1.82, 2.24) is 0 Å². The van der Waals surface area contributed by atoms with Crippen molar-refractivity contribution in [2.75, 3.05) is 6.61 Å². The molecular formula is C13H15NO4. The predicted molar refractivity (Wildman–Crippen MR) is 64.1 cm³/mol. The Hall–Kier alpha value is -2.06. The first-order valence-electron chi connectivity index (χ1n) is 5.64. The fourth-order valence-corrected chi connectivity index (χ4v) is 1.71. The molecule has 18 heavy (non-hydrogen) atoms. The Labute approximate surface area is 105 Å². The van der Waals surface area contributed by atoms with Crippen LogP contribution in [0.1, 0.15) is 30.6 Å². The number of carbonyl (C=O) groups is 1. The number of rotatable bonds is 6. The summed E-state index contributed by atoms with van der Waals surface area (Å²) in [7, 11) is 0. The average molecular weight is 249 g/mol. The maximum absolute atomic E-state index is 10.9. The van der Waals surface area contributed by atoms with Gasteiger partial charge in [-0.25, -0.2) is 4.79 Å². The number of aryl methyl sites for hydroxylation is 1. The van der Waals surface area contributed by atoms with Gasteiger partial charge in [0, 0.05) is 12.0 Å². The SMILES string of the molecule is CCOc1cccc(CCC#N)c1C(O)C(=O)O. The van der Waals surface area contributed by atoms with Crippen LogP contribution in [0.4, 0.5) is 0 Å². The third-order valence-electron chi connectivity index (χ3n) is 2.47. The van der Waals surface area contributed by atoms with Crippen molar-refractivity contribution in [2.24, 2.45) is 0 Å². The molecule has 1 atom stereocenters. The molecule has 1 aromatic rings. The smallest absolute Gasteiger partial charge is 0.337 e. The van der Waals surface area contributed by atoms with Crippen molar-refractivity contribution >= 4 is 5.97 Å². The van der Waals surface area contributed by atoms with Crippen LogP contribution in [-0.2, 0) is 11.2 Å². The highest BCUT2D eigenvalue weighted by molar-refractivity contribution is 5.76. The minimum absolute atomic E-state index is 0.238. The van der Waals surface area contributed by atoms with Gasteiger partial charge in [0.15, 0.2) is 6.10 Å². The minimum Gasteiger partial charge on any atom is -0.493 e. The fourth-order valence-electron chi connectivity index (χ4n) is 1.71. The molecule has 0 saturated carbocycles. The number of carboxylic acid groups (broad SMARTS) is 1. The Kier molecular flexibility index (Phi) is 5.15. The summed E-state index contributed by atoms with van der Waals surface area (Å²) < 4.78 is 5.32. The Morgan fingerprint density at radius 1 is 1.56 bits per heavy atom. The van der Waals surface area contributed by atoms with Crippen LogP contribution in [-0.4, -0.2) is 22.8 Å². The van der Waals surface area contributed by atoms with Crippen molar-refractivity contribution in [3.05, 3.63) is 29.3 Å². The van der Waals surface area contributed by atoms with Gasteiger partial charge in [0.25, 0.3) is 0 Å². The standard InChI is InChI=1S/C13H15NO4/c1-2-18-10-7-3-5-9(6-4-8-14)11(10)12(15)13(16)17/h3,5,7,12,15H,2,4,6H2,1H3,(H,16,17). The maximum atomic E-state index is 10.9. The molecule has 5 heteroatoms. The van der Waals surface area contributed by atoms with E-state index in [4.69, 9.17) is 15.1 Å². The first-order valence-corrected chi connectivity index (χ1v) is 5.64. The van der Waals surface area contributed by atoms with Gasteiger partial charge in [-0.15, -0.1) is 0 Å². The third kappa shape index (κ3) is 3.22. The second-order valence-electron chi connectivity index (χ2n) is 3.66. The zero-order valence-electron chi connectivity index (χ0n) is 10.1. The largest absolute Gasteiger partial charge is 0.493 e. The number of aliphatic hydroxyl groups excluding tert-OH is 1. The molecule has 0 bridgehead atoms.